The molecule has 1 aromatic heterocycles. The van der Waals surface area contributed by atoms with E-state index >= 15 is 0 Å². The summed E-state index contributed by atoms with van der Waals surface area (Å²) in [6, 6.07) is 3.29. The van der Waals surface area contributed by atoms with Crippen molar-refractivity contribution in [2.45, 2.75) is 49.7 Å². The monoisotopic (exact) mass is 311 g/mol. The molecule has 0 aromatic carbocycles. The molecule has 0 unspecified atom stereocenters. The van der Waals surface area contributed by atoms with E-state index in [1.807, 2.05) is 6.26 Å². The zero-order valence-electron chi connectivity index (χ0n) is 12.3. The number of hydrogen-bond donors (Lipinski definition) is 2. The standard InChI is InChI=1S/C15H21NO4S/c1-3-10-6-8-15(9-7-10,14(18)19)16-13(17)11-4-5-12(20-11)21-2/h4-5,10H,3,6-9H2,1-2H3,(H,16,17)(H,18,19). The highest BCUT2D eigenvalue weighted by Gasteiger charge is 2.43. The molecule has 0 radical (unpaired) electrons. The van der Waals surface area contributed by atoms with Gasteiger partial charge in [-0.25, -0.2) is 4.79 Å². The number of carbonyl (C=O) groups excluding carboxylic acids is 1. The molecule has 2 rings (SSSR count). The molecule has 1 amide bonds. The first-order chi connectivity index (χ1) is 10.0. The minimum atomic E-state index is -1.16. The van der Waals surface area contributed by atoms with E-state index < -0.39 is 17.4 Å². The summed E-state index contributed by atoms with van der Waals surface area (Å²) in [4.78, 5) is 23.9. The van der Waals surface area contributed by atoms with E-state index in [4.69, 9.17) is 4.42 Å². The van der Waals surface area contributed by atoms with E-state index in [-0.39, 0.29) is 5.76 Å². The van der Waals surface area contributed by atoms with Crippen LogP contribution in [0.1, 0.15) is 49.6 Å². The lowest BCUT2D eigenvalue weighted by atomic mass is 9.75. The number of amides is 1. The molecule has 1 aliphatic carbocycles. The van der Waals surface area contributed by atoms with Gasteiger partial charge in [0.1, 0.15) is 5.54 Å². The lowest BCUT2D eigenvalue weighted by Crippen LogP contribution is -2.56. The second-order valence-electron chi connectivity index (χ2n) is 5.52. The van der Waals surface area contributed by atoms with Crippen molar-refractivity contribution in [1.82, 2.24) is 5.32 Å². The Morgan fingerprint density at radius 1 is 1.43 bits per heavy atom. The van der Waals surface area contributed by atoms with Gasteiger partial charge in [-0.2, -0.15) is 0 Å². The summed E-state index contributed by atoms with van der Waals surface area (Å²) in [6.07, 6.45) is 5.52. The van der Waals surface area contributed by atoms with E-state index in [0.29, 0.717) is 23.9 Å². The van der Waals surface area contributed by atoms with E-state index in [1.165, 1.54) is 11.8 Å². The number of carbonyl (C=O) groups is 2. The molecule has 1 saturated carbocycles. The second kappa shape index (κ2) is 6.56. The maximum Gasteiger partial charge on any atom is 0.329 e. The SMILES string of the molecule is CCC1CCC(NC(=O)c2ccc(SC)o2)(C(=O)O)CC1. The van der Waals surface area contributed by atoms with Gasteiger partial charge >= 0.3 is 5.97 Å². The van der Waals surface area contributed by atoms with Crippen molar-refractivity contribution in [1.29, 1.82) is 0 Å². The normalized spacial score (nSPS) is 25.5. The van der Waals surface area contributed by atoms with E-state index in [1.54, 1.807) is 12.1 Å². The summed E-state index contributed by atoms with van der Waals surface area (Å²) in [5, 5.41) is 12.9. The van der Waals surface area contributed by atoms with E-state index in [9.17, 15) is 14.7 Å². The quantitative estimate of drug-likeness (QED) is 0.817. The van der Waals surface area contributed by atoms with Gasteiger partial charge in [0.05, 0.1) is 0 Å². The van der Waals surface area contributed by atoms with Crippen LogP contribution in [0.15, 0.2) is 21.6 Å². The Hall–Kier alpha value is -1.43. The van der Waals surface area contributed by atoms with Crippen LogP contribution in [0.5, 0.6) is 0 Å². The van der Waals surface area contributed by atoms with Crippen molar-refractivity contribution in [3.8, 4) is 0 Å². The summed E-state index contributed by atoms with van der Waals surface area (Å²) >= 11 is 1.40. The van der Waals surface area contributed by atoms with Gasteiger partial charge in [0.15, 0.2) is 10.9 Å². The number of nitrogens with one attached hydrogen (secondary N) is 1. The lowest BCUT2D eigenvalue weighted by Gasteiger charge is -2.36. The van der Waals surface area contributed by atoms with Crippen LogP contribution in [0.25, 0.3) is 0 Å². The van der Waals surface area contributed by atoms with Gasteiger partial charge in [0.25, 0.3) is 5.91 Å². The first-order valence-corrected chi connectivity index (χ1v) is 8.43. The zero-order valence-corrected chi connectivity index (χ0v) is 13.2. The van der Waals surface area contributed by atoms with Crippen LogP contribution < -0.4 is 5.32 Å². The van der Waals surface area contributed by atoms with E-state index in [2.05, 4.69) is 12.2 Å². The molecular formula is C15H21NO4S. The van der Waals surface area contributed by atoms with Gasteiger partial charge in [-0.05, 0) is 50.0 Å². The summed E-state index contributed by atoms with van der Waals surface area (Å²) < 4.78 is 5.36. The number of thioether (sulfide) groups is 1. The Morgan fingerprint density at radius 2 is 2.10 bits per heavy atom. The van der Waals surface area contributed by atoms with E-state index in [0.717, 1.165) is 19.3 Å². The third-order valence-electron chi connectivity index (χ3n) is 4.30. The number of carboxylic acid groups (broad SMARTS) is 1. The van der Waals surface area contributed by atoms with Crippen molar-refractivity contribution in [3.63, 3.8) is 0 Å². The minimum absolute atomic E-state index is 0.164. The molecule has 1 aliphatic rings. The molecule has 5 nitrogen and oxygen atoms in total. The van der Waals surface area contributed by atoms with Gasteiger partial charge < -0.3 is 14.8 Å². The molecule has 2 N–H and O–H groups in total. The molecule has 0 spiro atoms. The highest BCUT2D eigenvalue weighted by Crippen LogP contribution is 2.34. The first-order valence-electron chi connectivity index (χ1n) is 7.20. The summed E-state index contributed by atoms with van der Waals surface area (Å²) in [7, 11) is 0. The molecule has 1 heterocycles. The largest absolute Gasteiger partial charge is 0.480 e. The maximum atomic E-state index is 12.2. The van der Waals surface area contributed by atoms with Gasteiger partial charge in [-0.15, -0.1) is 0 Å². The molecule has 0 atom stereocenters. The molecule has 0 aliphatic heterocycles. The van der Waals surface area contributed by atoms with Gasteiger partial charge in [-0.1, -0.05) is 25.1 Å². The van der Waals surface area contributed by atoms with Crippen LogP contribution in [0.4, 0.5) is 0 Å². The van der Waals surface area contributed by atoms with Crippen molar-refractivity contribution in [3.05, 3.63) is 17.9 Å². The van der Waals surface area contributed by atoms with Crippen molar-refractivity contribution in [2.75, 3.05) is 6.26 Å². The van der Waals surface area contributed by atoms with Gasteiger partial charge in [0, 0.05) is 0 Å². The summed E-state index contributed by atoms with van der Waals surface area (Å²) in [6.45, 7) is 2.11. The Kier molecular flexibility index (Phi) is 4.98. The van der Waals surface area contributed by atoms with Crippen LogP contribution in [0.2, 0.25) is 0 Å². The van der Waals surface area contributed by atoms with Crippen LogP contribution >= 0.6 is 11.8 Å². The minimum Gasteiger partial charge on any atom is -0.480 e. The molecule has 1 fully saturated rings. The second-order valence-corrected chi connectivity index (χ2v) is 6.33. The Labute approximate surface area is 128 Å². The van der Waals surface area contributed by atoms with Gasteiger partial charge in [0.2, 0.25) is 0 Å². The number of aliphatic carboxylic acids is 1. The van der Waals surface area contributed by atoms with Crippen molar-refractivity contribution >= 4 is 23.6 Å². The summed E-state index contributed by atoms with van der Waals surface area (Å²) in [5.41, 5.74) is -1.16. The maximum absolute atomic E-state index is 12.2. The fourth-order valence-corrected chi connectivity index (χ4v) is 3.18. The average molecular weight is 311 g/mol. The third kappa shape index (κ3) is 3.43. The average Bonchev–Trinajstić information content (AvgIpc) is 2.97. The summed E-state index contributed by atoms with van der Waals surface area (Å²) in [5.74, 6) is -0.687. The number of hydrogen-bond acceptors (Lipinski definition) is 4. The highest BCUT2D eigenvalue weighted by molar-refractivity contribution is 7.98. The molecular weight excluding hydrogens is 290 g/mol. The fraction of sp³-hybridized carbons (Fsp3) is 0.600. The molecule has 0 bridgehead atoms. The Bertz CT molecular complexity index is 517. The molecule has 0 saturated heterocycles. The molecule has 116 valence electrons. The van der Waals surface area contributed by atoms with Crippen LogP contribution in [0.3, 0.4) is 0 Å². The molecule has 21 heavy (non-hydrogen) atoms. The van der Waals surface area contributed by atoms with Crippen molar-refractivity contribution < 1.29 is 19.1 Å². The predicted molar refractivity (Wildman–Crippen MR) is 80.6 cm³/mol. The molecule has 6 heteroatoms. The number of carboxylic acids is 1. The van der Waals surface area contributed by atoms with Gasteiger partial charge in [-0.3, -0.25) is 4.79 Å². The van der Waals surface area contributed by atoms with Crippen LogP contribution in [0, 0.1) is 5.92 Å². The van der Waals surface area contributed by atoms with Crippen LogP contribution in [-0.2, 0) is 4.79 Å². The Morgan fingerprint density at radius 3 is 2.57 bits per heavy atom. The molecule has 1 aromatic rings. The van der Waals surface area contributed by atoms with Crippen molar-refractivity contribution in [2.24, 2.45) is 5.92 Å². The fourth-order valence-electron chi connectivity index (χ4n) is 2.80. The highest BCUT2D eigenvalue weighted by atomic mass is 32.2. The number of rotatable bonds is 5. The van der Waals surface area contributed by atoms with Crippen LogP contribution in [-0.4, -0.2) is 28.8 Å². The first kappa shape index (κ1) is 15.9. The third-order valence-corrected chi connectivity index (χ3v) is 4.93. The topological polar surface area (TPSA) is 79.5 Å². The lowest BCUT2D eigenvalue weighted by molar-refractivity contribution is -0.146. The smallest absolute Gasteiger partial charge is 0.329 e. The zero-order chi connectivity index (χ0) is 15.5. The Balaban J connectivity index is 2.09. The predicted octanol–water partition coefficient (Wildman–Crippen LogP) is 3.15. The number of furan rings is 1.